The molecule has 2 fully saturated rings. The van der Waals surface area contributed by atoms with Crippen molar-refractivity contribution in [3.8, 4) is 0 Å². The SMILES string of the molecule is C=C[C@@H]1C[C@@H](C(=O)O)N(C(=O)[C@@H](NC(=O)[C@@H](NC(=O)c2cnccn2)C2CCCCC2)C2Cc3ccccc3C2)C1. The molecule has 5 rings (SSSR count). The van der Waals surface area contributed by atoms with Gasteiger partial charge in [-0.2, -0.15) is 0 Å². The highest BCUT2D eigenvalue weighted by Crippen LogP contribution is 2.33. The van der Waals surface area contributed by atoms with Crippen molar-refractivity contribution in [2.45, 2.75) is 69.5 Å². The summed E-state index contributed by atoms with van der Waals surface area (Å²) in [7, 11) is 0. The van der Waals surface area contributed by atoms with Gasteiger partial charge in [-0.05, 0) is 61.0 Å². The minimum Gasteiger partial charge on any atom is -0.480 e. The third-order valence-electron chi connectivity index (χ3n) is 8.84. The topological polar surface area (TPSA) is 142 Å². The van der Waals surface area contributed by atoms with Crippen LogP contribution in [0, 0.1) is 17.8 Å². The Labute approximate surface area is 239 Å². The number of hydrogen-bond donors (Lipinski definition) is 3. The normalized spacial score (nSPS) is 22.4. The minimum absolute atomic E-state index is 0.0930. The van der Waals surface area contributed by atoms with Gasteiger partial charge in [0.2, 0.25) is 11.8 Å². The molecular weight excluding hydrogens is 522 g/mol. The molecule has 1 aliphatic heterocycles. The molecule has 2 aliphatic carbocycles. The number of carboxylic acids is 1. The van der Waals surface area contributed by atoms with Gasteiger partial charge in [-0.1, -0.05) is 49.6 Å². The fraction of sp³-hybridized carbons (Fsp3) is 0.484. The third kappa shape index (κ3) is 6.31. The highest BCUT2D eigenvalue weighted by molar-refractivity contribution is 5.97. The van der Waals surface area contributed by atoms with Gasteiger partial charge in [0.1, 0.15) is 23.8 Å². The summed E-state index contributed by atoms with van der Waals surface area (Å²) in [6, 6.07) is 5.15. The van der Waals surface area contributed by atoms with Gasteiger partial charge in [0.15, 0.2) is 0 Å². The third-order valence-corrected chi connectivity index (χ3v) is 8.84. The summed E-state index contributed by atoms with van der Waals surface area (Å²) in [6.07, 6.45) is 11.9. The number of carbonyl (C=O) groups excluding carboxylic acids is 3. The molecule has 3 aliphatic rings. The number of rotatable bonds is 9. The fourth-order valence-electron chi connectivity index (χ4n) is 6.64. The Balaban J connectivity index is 1.42. The second-order valence-electron chi connectivity index (χ2n) is 11.4. The lowest BCUT2D eigenvalue weighted by atomic mass is 9.83. The molecule has 216 valence electrons. The van der Waals surface area contributed by atoms with Crippen molar-refractivity contribution in [1.29, 1.82) is 0 Å². The Hall–Kier alpha value is -4.08. The molecule has 4 atom stereocenters. The largest absolute Gasteiger partial charge is 0.480 e. The van der Waals surface area contributed by atoms with Crippen LogP contribution in [-0.4, -0.2) is 68.3 Å². The lowest BCUT2D eigenvalue weighted by Crippen LogP contribution is -2.59. The zero-order valence-electron chi connectivity index (χ0n) is 23.1. The molecule has 1 saturated heterocycles. The Morgan fingerprint density at radius 2 is 1.68 bits per heavy atom. The van der Waals surface area contributed by atoms with E-state index in [-0.39, 0.29) is 36.4 Å². The number of fused-ring (bicyclic) bond motifs is 1. The molecule has 1 aromatic heterocycles. The van der Waals surface area contributed by atoms with Gasteiger partial charge in [0.05, 0.1) is 6.20 Å². The molecule has 0 radical (unpaired) electrons. The molecule has 3 amide bonds. The van der Waals surface area contributed by atoms with Gasteiger partial charge in [-0.15, -0.1) is 6.58 Å². The van der Waals surface area contributed by atoms with Gasteiger partial charge in [0, 0.05) is 18.9 Å². The van der Waals surface area contributed by atoms with Crippen molar-refractivity contribution >= 4 is 23.7 Å². The minimum atomic E-state index is -1.07. The monoisotopic (exact) mass is 559 g/mol. The van der Waals surface area contributed by atoms with Crippen molar-refractivity contribution < 1.29 is 24.3 Å². The smallest absolute Gasteiger partial charge is 0.326 e. The zero-order valence-corrected chi connectivity index (χ0v) is 23.1. The first-order valence-electron chi connectivity index (χ1n) is 14.5. The average molecular weight is 560 g/mol. The van der Waals surface area contributed by atoms with Crippen molar-refractivity contribution in [3.63, 3.8) is 0 Å². The summed E-state index contributed by atoms with van der Waals surface area (Å²) in [5.74, 6) is -2.89. The molecule has 2 heterocycles. The number of carboxylic acid groups (broad SMARTS) is 1. The van der Waals surface area contributed by atoms with Crippen LogP contribution >= 0.6 is 0 Å². The van der Waals surface area contributed by atoms with E-state index >= 15 is 0 Å². The number of likely N-dealkylation sites (tertiary alicyclic amines) is 1. The highest BCUT2D eigenvalue weighted by atomic mass is 16.4. The quantitative estimate of drug-likeness (QED) is 0.401. The molecule has 0 bridgehead atoms. The van der Waals surface area contributed by atoms with Crippen molar-refractivity contribution in [1.82, 2.24) is 25.5 Å². The van der Waals surface area contributed by atoms with Crippen LogP contribution in [0.4, 0.5) is 0 Å². The summed E-state index contributed by atoms with van der Waals surface area (Å²) < 4.78 is 0. The number of benzene rings is 1. The van der Waals surface area contributed by atoms with E-state index in [1.807, 2.05) is 24.3 Å². The molecule has 2 aromatic rings. The van der Waals surface area contributed by atoms with Crippen molar-refractivity contribution in [2.24, 2.45) is 17.8 Å². The van der Waals surface area contributed by atoms with Crippen LogP contribution in [0.15, 0.2) is 55.5 Å². The first-order chi connectivity index (χ1) is 19.9. The summed E-state index contributed by atoms with van der Waals surface area (Å²) in [5, 5.41) is 15.8. The average Bonchev–Trinajstić information content (AvgIpc) is 3.64. The molecule has 10 heteroatoms. The standard InChI is InChI=1S/C31H37N5O5/c1-2-19-14-25(31(40)41)36(18-19)30(39)27(23-15-21-10-6-7-11-22(21)16-23)35-29(38)26(20-8-4-3-5-9-20)34-28(37)24-17-32-12-13-33-24/h2,6-7,10-13,17,19-20,23,25-27H,1,3-5,8-9,14-16,18H2,(H,34,37)(H,35,38)(H,40,41)/t19-,25+,26+,27+/m1/s1. The van der Waals surface area contributed by atoms with E-state index in [2.05, 4.69) is 27.2 Å². The number of nitrogens with one attached hydrogen (secondary N) is 2. The first-order valence-corrected chi connectivity index (χ1v) is 14.5. The highest BCUT2D eigenvalue weighted by Gasteiger charge is 2.45. The van der Waals surface area contributed by atoms with E-state index in [1.165, 1.54) is 23.5 Å². The second-order valence-corrected chi connectivity index (χ2v) is 11.4. The number of amides is 3. The van der Waals surface area contributed by atoms with E-state index in [4.69, 9.17) is 0 Å². The van der Waals surface area contributed by atoms with Crippen LogP contribution in [-0.2, 0) is 27.2 Å². The molecular formula is C31H37N5O5. The second kappa shape index (κ2) is 12.6. The van der Waals surface area contributed by atoms with Gasteiger partial charge in [-0.3, -0.25) is 19.4 Å². The van der Waals surface area contributed by atoms with Crippen LogP contribution in [0.25, 0.3) is 0 Å². The lowest BCUT2D eigenvalue weighted by Gasteiger charge is -2.34. The van der Waals surface area contributed by atoms with Gasteiger partial charge in [0.25, 0.3) is 5.91 Å². The van der Waals surface area contributed by atoms with Crippen LogP contribution in [0.5, 0.6) is 0 Å². The van der Waals surface area contributed by atoms with Gasteiger partial charge >= 0.3 is 5.97 Å². The maximum atomic E-state index is 14.1. The molecule has 10 nitrogen and oxygen atoms in total. The first kappa shape index (κ1) is 28.4. The Morgan fingerprint density at radius 1 is 0.976 bits per heavy atom. The van der Waals surface area contributed by atoms with E-state index in [0.29, 0.717) is 12.8 Å². The molecule has 1 aromatic carbocycles. The Kier molecular flexibility index (Phi) is 8.75. The maximum absolute atomic E-state index is 14.1. The number of hydrogen-bond acceptors (Lipinski definition) is 6. The Morgan fingerprint density at radius 3 is 2.29 bits per heavy atom. The maximum Gasteiger partial charge on any atom is 0.326 e. The van der Waals surface area contributed by atoms with E-state index in [9.17, 15) is 24.3 Å². The molecule has 0 spiro atoms. The number of aromatic nitrogens is 2. The van der Waals surface area contributed by atoms with E-state index < -0.39 is 41.8 Å². The summed E-state index contributed by atoms with van der Waals surface area (Å²) in [6.45, 7) is 4.04. The fourth-order valence-corrected chi connectivity index (χ4v) is 6.64. The van der Waals surface area contributed by atoms with Gasteiger partial charge in [-0.25, -0.2) is 9.78 Å². The predicted molar refractivity (Wildman–Crippen MR) is 151 cm³/mol. The van der Waals surface area contributed by atoms with Crippen molar-refractivity contribution in [3.05, 3.63) is 72.3 Å². The molecule has 41 heavy (non-hydrogen) atoms. The number of aliphatic carboxylic acids is 1. The predicted octanol–water partition coefficient (Wildman–Crippen LogP) is 2.54. The molecule has 1 saturated carbocycles. The van der Waals surface area contributed by atoms with Crippen LogP contribution < -0.4 is 10.6 Å². The summed E-state index contributed by atoms with van der Waals surface area (Å²) in [4.78, 5) is 62.8. The van der Waals surface area contributed by atoms with Crippen LogP contribution in [0.3, 0.4) is 0 Å². The van der Waals surface area contributed by atoms with E-state index in [0.717, 1.165) is 43.2 Å². The number of nitrogens with zero attached hydrogens (tertiary/aromatic N) is 3. The van der Waals surface area contributed by atoms with Crippen LogP contribution in [0.1, 0.15) is 60.1 Å². The molecule has 0 unspecified atom stereocenters. The lowest BCUT2D eigenvalue weighted by molar-refractivity contribution is -0.150. The molecule has 3 N–H and O–H groups in total. The Bertz CT molecular complexity index is 1270. The van der Waals surface area contributed by atoms with Gasteiger partial charge < -0.3 is 20.6 Å². The summed E-state index contributed by atoms with van der Waals surface area (Å²) >= 11 is 0. The van der Waals surface area contributed by atoms with Crippen molar-refractivity contribution in [2.75, 3.05) is 6.54 Å². The summed E-state index contributed by atoms with van der Waals surface area (Å²) in [5.41, 5.74) is 2.34. The van der Waals surface area contributed by atoms with Crippen LogP contribution in [0.2, 0.25) is 0 Å². The number of carbonyl (C=O) groups is 4. The zero-order chi connectivity index (χ0) is 28.9. The van der Waals surface area contributed by atoms with E-state index in [1.54, 1.807) is 6.08 Å².